The number of aromatic nitrogens is 1. The average Bonchev–Trinajstić information content (AvgIpc) is 3.17. The Balaban J connectivity index is 1.21. The first-order valence-corrected chi connectivity index (χ1v) is 10.4. The fourth-order valence-electron chi connectivity index (χ4n) is 4.14. The van der Waals surface area contributed by atoms with E-state index in [-0.39, 0.29) is 6.04 Å². The summed E-state index contributed by atoms with van der Waals surface area (Å²) >= 11 is 0. The van der Waals surface area contributed by atoms with Crippen molar-refractivity contribution in [3.8, 4) is 0 Å². The number of oxazole rings is 1. The highest BCUT2D eigenvalue weighted by Gasteiger charge is 2.25. The second kappa shape index (κ2) is 8.63. The summed E-state index contributed by atoms with van der Waals surface area (Å²) in [6, 6.07) is 8.59. The Kier molecular flexibility index (Phi) is 5.78. The summed E-state index contributed by atoms with van der Waals surface area (Å²) in [7, 11) is 0. The first-order chi connectivity index (χ1) is 13.7. The van der Waals surface area contributed by atoms with Crippen molar-refractivity contribution in [2.24, 2.45) is 5.92 Å². The van der Waals surface area contributed by atoms with Gasteiger partial charge in [-0.3, -0.25) is 9.59 Å². The van der Waals surface area contributed by atoms with Gasteiger partial charge in [-0.05, 0) is 43.7 Å². The van der Waals surface area contributed by atoms with Crippen LogP contribution in [0.15, 0.2) is 28.7 Å². The average molecular weight is 384 g/mol. The van der Waals surface area contributed by atoms with E-state index in [0.29, 0.717) is 18.5 Å². The summed E-state index contributed by atoms with van der Waals surface area (Å²) in [5.74, 6) is -0.630. The summed E-state index contributed by atoms with van der Waals surface area (Å²) in [6.07, 6.45) is 7.31. The molecule has 2 N–H and O–H groups in total. The molecule has 2 amide bonds. The van der Waals surface area contributed by atoms with Crippen LogP contribution < -0.4 is 15.5 Å². The summed E-state index contributed by atoms with van der Waals surface area (Å²) in [4.78, 5) is 30.8. The van der Waals surface area contributed by atoms with Crippen LogP contribution in [-0.4, -0.2) is 42.5 Å². The lowest BCUT2D eigenvalue weighted by Crippen LogP contribution is -2.47. The zero-order valence-corrected chi connectivity index (χ0v) is 16.2. The minimum Gasteiger partial charge on any atom is -0.423 e. The molecule has 0 unspecified atom stereocenters. The fraction of sp³-hybridized carbons (Fsp3) is 0.571. The van der Waals surface area contributed by atoms with Crippen LogP contribution in [0.4, 0.5) is 6.01 Å². The number of fused-ring (bicyclic) bond motifs is 1. The number of nitrogens with zero attached hydrogens (tertiary/aromatic N) is 2. The van der Waals surface area contributed by atoms with Crippen LogP contribution >= 0.6 is 0 Å². The van der Waals surface area contributed by atoms with Crippen molar-refractivity contribution in [3.05, 3.63) is 24.3 Å². The van der Waals surface area contributed by atoms with E-state index in [4.69, 9.17) is 4.42 Å². The van der Waals surface area contributed by atoms with Gasteiger partial charge < -0.3 is 20.0 Å². The van der Waals surface area contributed by atoms with Gasteiger partial charge in [0.1, 0.15) is 5.52 Å². The molecule has 150 valence electrons. The SMILES string of the molecule is O=C(NCC1CCN(c2nc3ccccc3o2)CC1)C(=O)NC1CCCCC1. The van der Waals surface area contributed by atoms with Gasteiger partial charge in [0.25, 0.3) is 6.01 Å². The molecule has 1 aliphatic heterocycles. The molecule has 0 atom stereocenters. The lowest BCUT2D eigenvalue weighted by atomic mass is 9.95. The van der Waals surface area contributed by atoms with E-state index >= 15 is 0 Å². The molecule has 2 heterocycles. The van der Waals surface area contributed by atoms with E-state index in [1.807, 2.05) is 24.3 Å². The van der Waals surface area contributed by atoms with Gasteiger partial charge in [-0.15, -0.1) is 0 Å². The molecule has 28 heavy (non-hydrogen) atoms. The van der Waals surface area contributed by atoms with E-state index in [1.54, 1.807) is 0 Å². The predicted octanol–water partition coefficient (Wildman–Crippen LogP) is 2.61. The predicted molar refractivity (Wildman–Crippen MR) is 107 cm³/mol. The van der Waals surface area contributed by atoms with Gasteiger partial charge in [-0.25, -0.2) is 0 Å². The van der Waals surface area contributed by atoms with Crippen molar-refractivity contribution in [2.45, 2.75) is 51.0 Å². The second-order valence-corrected chi connectivity index (χ2v) is 7.91. The summed E-state index contributed by atoms with van der Waals surface area (Å²) in [6.45, 7) is 2.21. The number of carbonyl (C=O) groups is 2. The normalized spacial score (nSPS) is 18.9. The fourth-order valence-corrected chi connectivity index (χ4v) is 4.14. The van der Waals surface area contributed by atoms with Crippen molar-refractivity contribution in [1.82, 2.24) is 15.6 Å². The number of hydrogen-bond acceptors (Lipinski definition) is 5. The second-order valence-electron chi connectivity index (χ2n) is 7.91. The van der Waals surface area contributed by atoms with E-state index in [2.05, 4.69) is 20.5 Å². The molecule has 2 aromatic rings. The molecule has 1 aromatic carbocycles. The molecule has 7 nitrogen and oxygen atoms in total. The Hall–Kier alpha value is -2.57. The monoisotopic (exact) mass is 384 g/mol. The van der Waals surface area contributed by atoms with Crippen LogP contribution in [0.2, 0.25) is 0 Å². The number of hydrogen-bond donors (Lipinski definition) is 2. The summed E-state index contributed by atoms with van der Waals surface area (Å²) in [5.41, 5.74) is 1.67. The van der Waals surface area contributed by atoms with Crippen molar-refractivity contribution < 1.29 is 14.0 Å². The number of carbonyl (C=O) groups excluding carboxylic acids is 2. The third-order valence-electron chi connectivity index (χ3n) is 5.87. The molecule has 0 radical (unpaired) electrons. The third kappa shape index (κ3) is 4.46. The number of anilines is 1. The quantitative estimate of drug-likeness (QED) is 0.791. The molecule has 2 fully saturated rings. The van der Waals surface area contributed by atoms with Gasteiger partial charge in [0.15, 0.2) is 5.58 Å². The number of piperidine rings is 1. The number of para-hydroxylation sites is 2. The number of amides is 2. The van der Waals surface area contributed by atoms with Crippen LogP contribution in [0.5, 0.6) is 0 Å². The maximum Gasteiger partial charge on any atom is 0.309 e. The van der Waals surface area contributed by atoms with Crippen molar-refractivity contribution in [1.29, 1.82) is 0 Å². The molecule has 7 heteroatoms. The van der Waals surface area contributed by atoms with Crippen LogP contribution in [-0.2, 0) is 9.59 Å². The lowest BCUT2D eigenvalue weighted by Gasteiger charge is -2.30. The molecular formula is C21H28N4O3. The van der Waals surface area contributed by atoms with Gasteiger partial charge in [0.05, 0.1) is 0 Å². The van der Waals surface area contributed by atoms with Crippen LogP contribution in [0.3, 0.4) is 0 Å². The number of benzene rings is 1. The van der Waals surface area contributed by atoms with Gasteiger partial charge in [-0.1, -0.05) is 31.4 Å². The largest absolute Gasteiger partial charge is 0.423 e. The van der Waals surface area contributed by atoms with Crippen LogP contribution in [0.1, 0.15) is 44.9 Å². The molecular weight excluding hydrogens is 356 g/mol. The standard InChI is InChI=1S/C21H28N4O3/c26-19(20(27)23-16-6-2-1-3-7-16)22-14-15-10-12-25(13-11-15)21-24-17-8-4-5-9-18(17)28-21/h4-5,8-9,15-16H,1-3,6-7,10-14H2,(H,22,26)(H,23,27). The van der Waals surface area contributed by atoms with Gasteiger partial charge in [0.2, 0.25) is 0 Å². The maximum absolute atomic E-state index is 12.1. The topological polar surface area (TPSA) is 87.5 Å². The van der Waals surface area contributed by atoms with Gasteiger partial charge in [0, 0.05) is 25.7 Å². The Morgan fingerprint density at radius 1 is 1.04 bits per heavy atom. The highest BCUT2D eigenvalue weighted by molar-refractivity contribution is 6.35. The molecule has 1 saturated carbocycles. The molecule has 0 bridgehead atoms. The molecule has 1 aliphatic carbocycles. The highest BCUT2D eigenvalue weighted by Crippen LogP contribution is 2.26. The lowest BCUT2D eigenvalue weighted by molar-refractivity contribution is -0.139. The minimum absolute atomic E-state index is 0.159. The van der Waals surface area contributed by atoms with Crippen molar-refractivity contribution in [3.63, 3.8) is 0 Å². The maximum atomic E-state index is 12.1. The molecule has 4 rings (SSSR count). The van der Waals surface area contributed by atoms with Crippen LogP contribution in [0.25, 0.3) is 11.1 Å². The van der Waals surface area contributed by atoms with E-state index in [1.165, 1.54) is 6.42 Å². The first kappa shape index (κ1) is 18.8. The number of nitrogens with one attached hydrogen (secondary N) is 2. The Morgan fingerprint density at radius 3 is 2.54 bits per heavy atom. The van der Waals surface area contributed by atoms with E-state index in [9.17, 15) is 9.59 Å². The summed E-state index contributed by atoms with van der Waals surface area (Å²) < 4.78 is 5.84. The molecule has 1 saturated heterocycles. The Morgan fingerprint density at radius 2 is 1.79 bits per heavy atom. The minimum atomic E-state index is -0.507. The molecule has 1 aromatic heterocycles. The number of rotatable bonds is 4. The molecule has 2 aliphatic rings. The molecule has 0 spiro atoms. The van der Waals surface area contributed by atoms with Crippen LogP contribution in [0, 0.1) is 5.92 Å². The zero-order chi connectivity index (χ0) is 19.3. The summed E-state index contributed by atoms with van der Waals surface area (Å²) in [5, 5.41) is 5.68. The first-order valence-electron chi connectivity index (χ1n) is 10.4. The Bertz CT molecular complexity index is 787. The van der Waals surface area contributed by atoms with Gasteiger partial charge >= 0.3 is 11.8 Å². The Labute approximate surface area is 164 Å². The smallest absolute Gasteiger partial charge is 0.309 e. The van der Waals surface area contributed by atoms with Crippen molar-refractivity contribution in [2.75, 3.05) is 24.5 Å². The highest BCUT2D eigenvalue weighted by atomic mass is 16.4. The van der Waals surface area contributed by atoms with Crippen molar-refractivity contribution >= 4 is 28.9 Å². The zero-order valence-electron chi connectivity index (χ0n) is 16.2. The van der Waals surface area contributed by atoms with E-state index in [0.717, 1.165) is 62.7 Å². The van der Waals surface area contributed by atoms with E-state index < -0.39 is 11.8 Å². The van der Waals surface area contributed by atoms with Gasteiger partial charge in [-0.2, -0.15) is 4.98 Å². The third-order valence-corrected chi connectivity index (χ3v) is 5.87.